The minimum atomic E-state index is -0.754. The van der Waals surface area contributed by atoms with E-state index in [1.54, 1.807) is 19.2 Å². The molecule has 0 bridgehead atoms. The molecular weight excluding hydrogens is 470 g/mol. The third-order valence-corrected chi connectivity index (χ3v) is 5.60. The van der Waals surface area contributed by atoms with Crippen molar-refractivity contribution < 1.29 is 33.0 Å². The van der Waals surface area contributed by atoms with Crippen molar-refractivity contribution in [3.63, 3.8) is 0 Å². The van der Waals surface area contributed by atoms with Gasteiger partial charge < -0.3 is 23.5 Å². The molecule has 198 valence electrons. The summed E-state index contributed by atoms with van der Waals surface area (Å²) in [7, 11) is 1.67. The largest absolute Gasteiger partial charge is 0.444 e. The molecule has 3 rings (SSSR count). The van der Waals surface area contributed by atoms with Crippen molar-refractivity contribution >= 4 is 29.0 Å². The second-order valence-corrected chi connectivity index (χ2v) is 9.74. The van der Waals surface area contributed by atoms with E-state index in [0.29, 0.717) is 44.1 Å². The number of likely N-dealkylation sites (N-methyl/N-ethyl adjacent to an activating group) is 1. The van der Waals surface area contributed by atoms with Crippen LogP contribution in [0.25, 0.3) is 11.1 Å². The minimum Gasteiger partial charge on any atom is -0.444 e. The maximum atomic E-state index is 12.4. The zero-order valence-corrected chi connectivity index (χ0v) is 21.3. The quantitative estimate of drug-likeness (QED) is 0.364. The van der Waals surface area contributed by atoms with E-state index in [4.69, 9.17) is 18.6 Å². The van der Waals surface area contributed by atoms with Gasteiger partial charge in [0.05, 0.1) is 25.3 Å². The number of carbonyl (C=O) groups excluding carboxylic acids is 3. The zero-order chi connectivity index (χ0) is 26.3. The molecule has 0 spiro atoms. The van der Waals surface area contributed by atoms with Crippen LogP contribution < -0.4 is 11.1 Å². The van der Waals surface area contributed by atoms with E-state index >= 15 is 0 Å². The number of carbonyl (C=O) groups is 3. The molecule has 0 radical (unpaired) electrons. The summed E-state index contributed by atoms with van der Waals surface area (Å²) in [6.45, 7) is 7.70. The molecular formula is C25H35N3O8. The van der Waals surface area contributed by atoms with E-state index < -0.39 is 23.3 Å². The van der Waals surface area contributed by atoms with Gasteiger partial charge in [0.15, 0.2) is 5.58 Å². The van der Waals surface area contributed by atoms with E-state index in [1.165, 1.54) is 9.47 Å². The van der Waals surface area contributed by atoms with Gasteiger partial charge in [-0.15, -0.1) is 0 Å². The highest BCUT2D eigenvalue weighted by Crippen LogP contribution is 2.24. The lowest BCUT2D eigenvalue weighted by molar-refractivity contribution is -0.135. The van der Waals surface area contributed by atoms with Gasteiger partial charge >= 0.3 is 11.8 Å². The lowest BCUT2D eigenvalue weighted by Crippen LogP contribution is -2.43. The summed E-state index contributed by atoms with van der Waals surface area (Å²) in [6.07, 6.45) is 1.56. The Morgan fingerprint density at radius 2 is 1.86 bits per heavy atom. The fourth-order valence-electron chi connectivity index (χ4n) is 3.79. The van der Waals surface area contributed by atoms with Gasteiger partial charge in [0.2, 0.25) is 11.8 Å². The highest BCUT2D eigenvalue weighted by molar-refractivity contribution is 6.00. The summed E-state index contributed by atoms with van der Waals surface area (Å²) in [5, 5.41) is 2.27. The first-order chi connectivity index (χ1) is 17.0. The molecule has 1 aliphatic heterocycles. The number of hydrogen-bond acceptors (Lipinski definition) is 8. The molecule has 3 amide bonds. The zero-order valence-electron chi connectivity index (χ0n) is 21.3. The Labute approximate surface area is 209 Å². The van der Waals surface area contributed by atoms with Crippen molar-refractivity contribution in [1.82, 2.24) is 14.8 Å². The number of nitrogens with zero attached hydrogens (tertiary/aromatic N) is 2. The van der Waals surface area contributed by atoms with Crippen molar-refractivity contribution in [3.05, 3.63) is 34.3 Å². The third-order valence-electron chi connectivity index (χ3n) is 5.60. The van der Waals surface area contributed by atoms with E-state index in [1.807, 2.05) is 26.8 Å². The van der Waals surface area contributed by atoms with Crippen molar-refractivity contribution in [2.45, 2.75) is 58.1 Å². The lowest BCUT2D eigenvalue weighted by Gasteiger charge is -2.24. The number of rotatable bonds is 11. The van der Waals surface area contributed by atoms with Crippen LogP contribution in [0.1, 0.15) is 51.6 Å². The Bertz CT molecular complexity index is 1130. The Morgan fingerprint density at radius 1 is 1.14 bits per heavy atom. The first kappa shape index (κ1) is 27.4. The SMILES string of the molecule is CN(CCOCCOCCCc1ccc2c(c1)oc(=O)n2C1CCC(=O)NC1=O)C(=O)OC(C)(C)C. The molecule has 1 N–H and O–H groups in total. The van der Waals surface area contributed by atoms with Gasteiger partial charge in [0, 0.05) is 26.6 Å². The molecule has 11 nitrogen and oxygen atoms in total. The highest BCUT2D eigenvalue weighted by Gasteiger charge is 2.31. The number of aryl methyl sites for hydroxylation is 1. The predicted octanol–water partition coefficient (Wildman–Crippen LogP) is 2.40. The number of oxazole rings is 1. The summed E-state index contributed by atoms with van der Waals surface area (Å²) in [6, 6.07) is 4.70. The van der Waals surface area contributed by atoms with Crippen molar-refractivity contribution in [2.24, 2.45) is 0 Å². The summed E-state index contributed by atoms with van der Waals surface area (Å²) in [4.78, 5) is 49.3. The minimum absolute atomic E-state index is 0.182. The van der Waals surface area contributed by atoms with Crippen LogP contribution in [0.4, 0.5) is 4.79 Å². The molecule has 1 fully saturated rings. The highest BCUT2D eigenvalue weighted by atomic mass is 16.6. The molecule has 1 aliphatic rings. The number of amides is 3. The van der Waals surface area contributed by atoms with Gasteiger partial charge in [-0.25, -0.2) is 9.59 Å². The van der Waals surface area contributed by atoms with Gasteiger partial charge in [-0.2, -0.15) is 0 Å². The Hall–Kier alpha value is -3.18. The van der Waals surface area contributed by atoms with E-state index in [2.05, 4.69) is 5.32 Å². The number of hydrogen-bond donors (Lipinski definition) is 1. The summed E-state index contributed by atoms with van der Waals surface area (Å²) < 4.78 is 23.1. The smallest absolute Gasteiger partial charge is 0.420 e. The van der Waals surface area contributed by atoms with Gasteiger partial charge in [-0.3, -0.25) is 19.5 Å². The van der Waals surface area contributed by atoms with Crippen LogP contribution in [0.3, 0.4) is 0 Å². The normalized spacial score (nSPS) is 16.3. The maximum Gasteiger partial charge on any atom is 0.420 e. The Balaban J connectivity index is 1.35. The molecule has 1 unspecified atom stereocenters. The van der Waals surface area contributed by atoms with Crippen LogP contribution >= 0.6 is 0 Å². The number of piperidine rings is 1. The van der Waals surface area contributed by atoms with Crippen molar-refractivity contribution in [3.8, 4) is 0 Å². The lowest BCUT2D eigenvalue weighted by atomic mass is 10.1. The van der Waals surface area contributed by atoms with Crippen LogP contribution in [0.2, 0.25) is 0 Å². The predicted molar refractivity (Wildman–Crippen MR) is 131 cm³/mol. The number of aromatic nitrogens is 1. The fourth-order valence-corrected chi connectivity index (χ4v) is 3.79. The molecule has 1 aromatic carbocycles. The number of benzene rings is 1. The first-order valence-corrected chi connectivity index (χ1v) is 12.1. The monoisotopic (exact) mass is 505 g/mol. The van der Waals surface area contributed by atoms with Crippen molar-refractivity contribution in [2.75, 3.05) is 40.0 Å². The topological polar surface area (TPSA) is 129 Å². The molecule has 36 heavy (non-hydrogen) atoms. The average Bonchev–Trinajstić information content (AvgIpc) is 3.11. The third kappa shape index (κ3) is 7.66. The molecule has 1 atom stereocenters. The summed E-state index contributed by atoms with van der Waals surface area (Å²) >= 11 is 0. The van der Waals surface area contributed by atoms with Crippen LogP contribution in [-0.4, -0.2) is 73.0 Å². The average molecular weight is 506 g/mol. The van der Waals surface area contributed by atoms with Crippen LogP contribution in [-0.2, 0) is 30.2 Å². The number of fused-ring (bicyclic) bond motifs is 1. The summed E-state index contributed by atoms with van der Waals surface area (Å²) in [5.74, 6) is -1.44. The van der Waals surface area contributed by atoms with Gasteiger partial charge in [0.1, 0.15) is 11.6 Å². The number of imide groups is 1. The second kappa shape index (κ2) is 12.2. The molecule has 1 saturated heterocycles. The molecule has 0 aliphatic carbocycles. The van der Waals surface area contributed by atoms with Gasteiger partial charge in [0.25, 0.3) is 0 Å². The van der Waals surface area contributed by atoms with Crippen LogP contribution in [0, 0.1) is 0 Å². The maximum absolute atomic E-state index is 12.4. The van der Waals surface area contributed by atoms with Crippen LogP contribution in [0.5, 0.6) is 0 Å². The van der Waals surface area contributed by atoms with E-state index in [-0.39, 0.29) is 24.8 Å². The van der Waals surface area contributed by atoms with Gasteiger partial charge in [-0.1, -0.05) is 6.07 Å². The van der Waals surface area contributed by atoms with Crippen LogP contribution in [0.15, 0.2) is 27.4 Å². The number of nitrogens with one attached hydrogen (secondary N) is 1. The molecule has 1 aromatic heterocycles. The number of ether oxygens (including phenoxy) is 3. The fraction of sp³-hybridized carbons (Fsp3) is 0.600. The second-order valence-electron chi connectivity index (χ2n) is 9.74. The Morgan fingerprint density at radius 3 is 2.56 bits per heavy atom. The van der Waals surface area contributed by atoms with E-state index in [0.717, 1.165) is 18.4 Å². The standard InChI is InChI=1S/C25H35N3O8/c1-25(2,3)36-23(31)27(4)11-13-34-15-14-33-12-5-6-17-7-8-18-20(16-17)35-24(32)28(18)19-9-10-21(29)26-22(19)30/h7-8,16,19H,5-6,9-15H2,1-4H3,(H,26,29,30). The molecule has 2 heterocycles. The molecule has 0 saturated carbocycles. The molecule has 2 aromatic rings. The summed E-state index contributed by atoms with van der Waals surface area (Å²) in [5.41, 5.74) is 1.40. The molecule has 11 heteroatoms. The Kier molecular flexibility index (Phi) is 9.27. The first-order valence-electron chi connectivity index (χ1n) is 12.1. The van der Waals surface area contributed by atoms with E-state index in [9.17, 15) is 19.2 Å². The van der Waals surface area contributed by atoms with Crippen molar-refractivity contribution in [1.29, 1.82) is 0 Å². The van der Waals surface area contributed by atoms with Gasteiger partial charge in [-0.05, 0) is 57.7 Å².